The van der Waals surface area contributed by atoms with Gasteiger partial charge >= 0.3 is 0 Å². The van der Waals surface area contributed by atoms with Gasteiger partial charge in [-0.05, 0) is 30.0 Å². The summed E-state index contributed by atoms with van der Waals surface area (Å²) in [5.74, 6) is 0.761. The Hall–Kier alpha value is -1.06. The van der Waals surface area contributed by atoms with Crippen LogP contribution < -0.4 is 10.6 Å². The molecule has 1 fully saturated rings. The molecule has 1 aromatic rings. The van der Waals surface area contributed by atoms with Gasteiger partial charge in [-0.25, -0.2) is 0 Å². The summed E-state index contributed by atoms with van der Waals surface area (Å²) >= 11 is 0. The van der Waals surface area contributed by atoms with Crippen LogP contribution in [0.15, 0.2) is 24.3 Å². The van der Waals surface area contributed by atoms with E-state index in [1.165, 1.54) is 30.9 Å². The molecule has 1 aromatic carbocycles. The van der Waals surface area contributed by atoms with Gasteiger partial charge in [-0.1, -0.05) is 32.9 Å². The Morgan fingerprint density at radius 1 is 1.05 bits per heavy atom. The molecule has 3 nitrogen and oxygen atoms in total. The second-order valence-corrected chi connectivity index (χ2v) is 6.29. The molecular weight excluding hydrogens is 246 g/mol. The Bertz CT molecular complexity index is 391. The van der Waals surface area contributed by atoms with E-state index in [2.05, 4.69) is 54.8 Å². The molecule has 0 aliphatic carbocycles. The predicted molar refractivity (Wildman–Crippen MR) is 87.2 cm³/mol. The number of rotatable bonds is 5. The highest BCUT2D eigenvalue weighted by atomic mass is 15.3. The standard InChI is InChI=1S/C17H29N3/c1-4-17(18)15-5-7-16(8-6-15)20-11-9-19(10-12-20)13-14(2)3/h5-8,14,17H,4,9-13,18H2,1-3H3. The van der Waals surface area contributed by atoms with Crippen LogP contribution >= 0.6 is 0 Å². The van der Waals surface area contributed by atoms with Crippen LogP contribution in [0.4, 0.5) is 5.69 Å². The van der Waals surface area contributed by atoms with Crippen LogP contribution in [0, 0.1) is 5.92 Å². The largest absolute Gasteiger partial charge is 0.369 e. The smallest absolute Gasteiger partial charge is 0.0367 e. The van der Waals surface area contributed by atoms with Gasteiger partial charge in [0.1, 0.15) is 0 Å². The second kappa shape index (κ2) is 7.09. The summed E-state index contributed by atoms with van der Waals surface area (Å²) in [5.41, 5.74) is 8.65. The van der Waals surface area contributed by atoms with Crippen LogP contribution in [-0.2, 0) is 0 Å². The van der Waals surface area contributed by atoms with E-state index in [1.807, 2.05) is 0 Å². The molecule has 2 rings (SSSR count). The normalized spacial score (nSPS) is 18.6. The molecular formula is C17H29N3. The Labute approximate surface area is 123 Å². The topological polar surface area (TPSA) is 32.5 Å². The van der Waals surface area contributed by atoms with Crippen molar-refractivity contribution in [3.05, 3.63) is 29.8 Å². The van der Waals surface area contributed by atoms with Gasteiger partial charge in [0.25, 0.3) is 0 Å². The number of piperazine rings is 1. The Balaban J connectivity index is 1.90. The van der Waals surface area contributed by atoms with Crippen LogP contribution in [0.1, 0.15) is 38.8 Å². The Morgan fingerprint density at radius 3 is 2.15 bits per heavy atom. The summed E-state index contributed by atoms with van der Waals surface area (Å²) in [6.45, 7) is 12.6. The molecule has 3 heteroatoms. The molecule has 1 heterocycles. The van der Waals surface area contributed by atoms with Gasteiger partial charge in [0.05, 0.1) is 0 Å². The van der Waals surface area contributed by atoms with Gasteiger partial charge in [0.15, 0.2) is 0 Å². The maximum absolute atomic E-state index is 6.07. The van der Waals surface area contributed by atoms with Gasteiger partial charge in [-0.3, -0.25) is 4.90 Å². The zero-order valence-corrected chi connectivity index (χ0v) is 13.2. The molecule has 112 valence electrons. The third-order valence-electron chi connectivity index (χ3n) is 4.12. The maximum atomic E-state index is 6.07. The third kappa shape index (κ3) is 3.97. The van der Waals surface area contributed by atoms with E-state index in [0.717, 1.165) is 25.4 Å². The van der Waals surface area contributed by atoms with Crippen LogP contribution in [0.25, 0.3) is 0 Å². The number of nitrogens with two attached hydrogens (primary N) is 1. The molecule has 0 aromatic heterocycles. The molecule has 0 spiro atoms. The Kier molecular flexibility index (Phi) is 5.44. The fourth-order valence-electron chi connectivity index (χ4n) is 2.87. The van der Waals surface area contributed by atoms with E-state index in [4.69, 9.17) is 5.73 Å². The minimum Gasteiger partial charge on any atom is -0.369 e. The highest BCUT2D eigenvalue weighted by molar-refractivity contribution is 5.48. The third-order valence-corrected chi connectivity index (χ3v) is 4.12. The van der Waals surface area contributed by atoms with E-state index in [1.54, 1.807) is 0 Å². The number of hydrogen-bond donors (Lipinski definition) is 1. The minimum absolute atomic E-state index is 0.173. The average molecular weight is 275 g/mol. The fourth-order valence-corrected chi connectivity index (χ4v) is 2.87. The first-order valence-electron chi connectivity index (χ1n) is 7.93. The van der Waals surface area contributed by atoms with Crippen LogP contribution in [-0.4, -0.2) is 37.6 Å². The second-order valence-electron chi connectivity index (χ2n) is 6.29. The quantitative estimate of drug-likeness (QED) is 0.897. The van der Waals surface area contributed by atoms with E-state index in [0.29, 0.717) is 0 Å². The van der Waals surface area contributed by atoms with Gasteiger partial charge in [-0.2, -0.15) is 0 Å². The minimum atomic E-state index is 0.173. The van der Waals surface area contributed by atoms with E-state index >= 15 is 0 Å². The number of benzene rings is 1. The zero-order valence-electron chi connectivity index (χ0n) is 13.2. The summed E-state index contributed by atoms with van der Waals surface area (Å²) < 4.78 is 0. The van der Waals surface area contributed by atoms with E-state index in [-0.39, 0.29) is 6.04 Å². The number of anilines is 1. The van der Waals surface area contributed by atoms with Crippen molar-refractivity contribution < 1.29 is 0 Å². The molecule has 0 bridgehead atoms. The first-order valence-corrected chi connectivity index (χ1v) is 7.93. The monoisotopic (exact) mass is 275 g/mol. The number of nitrogens with zero attached hydrogens (tertiary/aromatic N) is 2. The molecule has 1 aliphatic heterocycles. The zero-order chi connectivity index (χ0) is 14.5. The Morgan fingerprint density at radius 2 is 1.65 bits per heavy atom. The fraction of sp³-hybridized carbons (Fsp3) is 0.647. The van der Waals surface area contributed by atoms with Crippen LogP contribution in [0.2, 0.25) is 0 Å². The van der Waals surface area contributed by atoms with Crippen LogP contribution in [0.5, 0.6) is 0 Å². The summed E-state index contributed by atoms with van der Waals surface area (Å²) in [7, 11) is 0. The molecule has 20 heavy (non-hydrogen) atoms. The molecule has 2 N–H and O–H groups in total. The summed E-state index contributed by atoms with van der Waals surface area (Å²) in [6.07, 6.45) is 0.993. The van der Waals surface area contributed by atoms with Crippen molar-refractivity contribution in [2.75, 3.05) is 37.6 Å². The lowest BCUT2D eigenvalue weighted by Crippen LogP contribution is -2.47. The highest BCUT2D eigenvalue weighted by Gasteiger charge is 2.17. The van der Waals surface area contributed by atoms with Crippen molar-refractivity contribution in [3.63, 3.8) is 0 Å². The molecule has 1 atom stereocenters. The van der Waals surface area contributed by atoms with Crippen molar-refractivity contribution in [1.29, 1.82) is 0 Å². The van der Waals surface area contributed by atoms with Crippen molar-refractivity contribution in [2.45, 2.75) is 33.2 Å². The molecule has 1 unspecified atom stereocenters. The highest BCUT2D eigenvalue weighted by Crippen LogP contribution is 2.21. The first kappa shape index (κ1) is 15.3. The van der Waals surface area contributed by atoms with Crippen molar-refractivity contribution in [3.8, 4) is 0 Å². The summed E-state index contributed by atoms with van der Waals surface area (Å²) in [6, 6.07) is 8.99. The molecule has 0 saturated carbocycles. The lowest BCUT2D eigenvalue weighted by atomic mass is 10.0. The molecule has 1 saturated heterocycles. The van der Waals surface area contributed by atoms with Crippen molar-refractivity contribution in [2.24, 2.45) is 11.7 Å². The predicted octanol–water partition coefficient (Wildman–Crippen LogP) is 2.87. The lowest BCUT2D eigenvalue weighted by molar-refractivity contribution is 0.231. The molecule has 0 amide bonds. The molecule has 0 radical (unpaired) electrons. The van der Waals surface area contributed by atoms with Crippen molar-refractivity contribution >= 4 is 5.69 Å². The number of hydrogen-bond acceptors (Lipinski definition) is 3. The maximum Gasteiger partial charge on any atom is 0.0367 e. The van der Waals surface area contributed by atoms with Crippen molar-refractivity contribution in [1.82, 2.24) is 4.90 Å². The van der Waals surface area contributed by atoms with Gasteiger partial charge in [0, 0.05) is 44.5 Å². The van der Waals surface area contributed by atoms with Gasteiger partial charge in [-0.15, -0.1) is 0 Å². The van der Waals surface area contributed by atoms with Gasteiger partial charge < -0.3 is 10.6 Å². The van der Waals surface area contributed by atoms with E-state index < -0.39 is 0 Å². The first-order chi connectivity index (χ1) is 9.60. The summed E-state index contributed by atoms with van der Waals surface area (Å²) in [5, 5.41) is 0. The lowest BCUT2D eigenvalue weighted by Gasteiger charge is -2.37. The SMILES string of the molecule is CCC(N)c1ccc(N2CCN(CC(C)C)CC2)cc1. The van der Waals surface area contributed by atoms with E-state index in [9.17, 15) is 0 Å². The average Bonchev–Trinajstić information content (AvgIpc) is 2.47. The molecule has 1 aliphatic rings. The van der Waals surface area contributed by atoms with Crippen LogP contribution in [0.3, 0.4) is 0 Å². The summed E-state index contributed by atoms with van der Waals surface area (Å²) in [4.78, 5) is 5.06. The van der Waals surface area contributed by atoms with Gasteiger partial charge in [0.2, 0.25) is 0 Å².